The van der Waals surface area contributed by atoms with Gasteiger partial charge < -0.3 is 10.1 Å². The van der Waals surface area contributed by atoms with Crippen LogP contribution in [0.5, 0.6) is 0 Å². The van der Waals surface area contributed by atoms with E-state index in [-0.39, 0.29) is 12.0 Å². The molecule has 0 bridgehead atoms. The predicted molar refractivity (Wildman–Crippen MR) is 78.2 cm³/mol. The van der Waals surface area contributed by atoms with Crippen LogP contribution in [0.4, 0.5) is 0 Å². The van der Waals surface area contributed by atoms with E-state index in [1.54, 1.807) is 0 Å². The minimum atomic E-state index is -0.172. The fraction of sp³-hybridized carbons (Fsp3) is 0.562. The van der Waals surface area contributed by atoms with Gasteiger partial charge in [-0.1, -0.05) is 44.0 Å². The molecule has 19 heavy (non-hydrogen) atoms. The van der Waals surface area contributed by atoms with Gasteiger partial charge >= 0.3 is 5.97 Å². The third-order valence-corrected chi connectivity index (χ3v) is 3.38. The second-order valence-electron chi connectivity index (χ2n) is 4.85. The smallest absolute Gasteiger partial charge is 0.322 e. The molecule has 0 radical (unpaired) electrons. The summed E-state index contributed by atoms with van der Waals surface area (Å²) in [7, 11) is 1.45. The summed E-state index contributed by atoms with van der Waals surface area (Å²) in [6.45, 7) is 5.04. The van der Waals surface area contributed by atoms with E-state index in [1.165, 1.54) is 18.2 Å². The van der Waals surface area contributed by atoms with Crippen LogP contribution in [0, 0.1) is 6.92 Å². The highest BCUT2D eigenvalue weighted by Gasteiger charge is 2.17. The molecule has 106 valence electrons. The normalized spacial score (nSPS) is 12.2. The summed E-state index contributed by atoms with van der Waals surface area (Å²) in [6, 6.07) is 8.18. The van der Waals surface area contributed by atoms with Crippen LogP contribution in [-0.2, 0) is 16.0 Å². The Balaban J connectivity index is 2.43. The van der Waals surface area contributed by atoms with E-state index in [0.717, 1.165) is 32.2 Å². The van der Waals surface area contributed by atoms with Gasteiger partial charge in [0.15, 0.2) is 0 Å². The quantitative estimate of drug-likeness (QED) is 0.733. The zero-order valence-corrected chi connectivity index (χ0v) is 12.2. The standard InChI is InChI=1S/C16H25NO2/c1-4-5-10-15(16(18)19-3)17-12-11-14-9-7-6-8-13(14)2/h6-9,15,17H,4-5,10-12H2,1-3H3. The van der Waals surface area contributed by atoms with E-state index in [4.69, 9.17) is 4.74 Å². The fourth-order valence-corrected chi connectivity index (χ4v) is 2.13. The molecule has 0 aromatic heterocycles. The Hall–Kier alpha value is -1.35. The first-order valence-electron chi connectivity index (χ1n) is 7.04. The molecular weight excluding hydrogens is 238 g/mol. The Morgan fingerprint density at radius 2 is 2.11 bits per heavy atom. The topological polar surface area (TPSA) is 38.3 Å². The van der Waals surface area contributed by atoms with E-state index in [1.807, 2.05) is 6.07 Å². The Labute approximate surface area is 116 Å². The van der Waals surface area contributed by atoms with Crippen molar-refractivity contribution in [3.8, 4) is 0 Å². The highest BCUT2D eigenvalue weighted by molar-refractivity contribution is 5.75. The summed E-state index contributed by atoms with van der Waals surface area (Å²) < 4.78 is 4.83. The second kappa shape index (κ2) is 8.70. The number of hydrogen-bond donors (Lipinski definition) is 1. The number of carbonyl (C=O) groups excluding carboxylic acids is 1. The maximum atomic E-state index is 11.6. The number of rotatable bonds is 8. The van der Waals surface area contributed by atoms with Crippen molar-refractivity contribution >= 4 is 5.97 Å². The van der Waals surface area contributed by atoms with E-state index in [0.29, 0.717) is 0 Å². The highest BCUT2D eigenvalue weighted by Crippen LogP contribution is 2.08. The van der Waals surface area contributed by atoms with E-state index in [9.17, 15) is 4.79 Å². The minimum Gasteiger partial charge on any atom is -0.468 e. The van der Waals surface area contributed by atoms with Gasteiger partial charge in [0.2, 0.25) is 0 Å². The molecule has 1 atom stereocenters. The van der Waals surface area contributed by atoms with Crippen molar-refractivity contribution in [2.75, 3.05) is 13.7 Å². The molecule has 1 N–H and O–H groups in total. The molecule has 0 spiro atoms. The Morgan fingerprint density at radius 1 is 1.37 bits per heavy atom. The first kappa shape index (κ1) is 15.7. The predicted octanol–water partition coefficient (Wildman–Crippen LogP) is 2.86. The second-order valence-corrected chi connectivity index (χ2v) is 4.85. The number of esters is 1. The Morgan fingerprint density at radius 3 is 2.74 bits per heavy atom. The highest BCUT2D eigenvalue weighted by atomic mass is 16.5. The van der Waals surface area contributed by atoms with E-state index < -0.39 is 0 Å². The molecule has 3 nitrogen and oxygen atoms in total. The van der Waals surface area contributed by atoms with Crippen LogP contribution in [0.3, 0.4) is 0 Å². The first-order chi connectivity index (χ1) is 9.19. The van der Waals surface area contributed by atoms with Crippen LogP contribution in [0.1, 0.15) is 37.3 Å². The molecule has 1 aromatic rings. The van der Waals surface area contributed by atoms with Gasteiger partial charge in [-0.2, -0.15) is 0 Å². The fourth-order valence-electron chi connectivity index (χ4n) is 2.13. The van der Waals surface area contributed by atoms with Gasteiger partial charge in [-0.25, -0.2) is 0 Å². The average molecular weight is 263 g/mol. The Kier molecular flexibility index (Phi) is 7.19. The van der Waals surface area contributed by atoms with Crippen molar-refractivity contribution in [2.24, 2.45) is 0 Å². The van der Waals surface area contributed by atoms with Crippen molar-refractivity contribution in [1.29, 1.82) is 0 Å². The maximum absolute atomic E-state index is 11.6. The van der Waals surface area contributed by atoms with Crippen LogP contribution >= 0.6 is 0 Å². The lowest BCUT2D eigenvalue weighted by molar-refractivity contribution is -0.143. The molecule has 0 fully saturated rings. The molecule has 0 aliphatic heterocycles. The maximum Gasteiger partial charge on any atom is 0.322 e. The van der Waals surface area contributed by atoms with Gasteiger partial charge in [0.1, 0.15) is 6.04 Å². The molecule has 1 rings (SSSR count). The third-order valence-electron chi connectivity index (χ3n) is 3.38. The van der Waals surface area contributed by atoms with Crippen LogP contribution in [-0.4, -0.2) is 25.7 Å². The molecule has 0 aliphatic carbocycles. The average Bonchev–Trinajstić information content (AvgIpc) is 2.43. The van der Waals surface area contributed by atoms with Gasteiger partial charge in [-0.05, 0) is 37.4 Å². The zero-order chi connectivity index (χ0) is 14.1. The van der Waals surface area contributed by atoms with Crippen molar-refractivity contribution in [1.82, 2.24) is 5.32 Å². The number of hydrogen-bond acceptors (Lipinski definition) is 3. The zero-order valence-electron chi connectivity index (χ0n) is 12.2. The number of aryl methyl sites for hydroxylation is 1. The van der Waals surface area contributed by atoms with Gasteiger partial charge in [0, 0.05) is 0 Å². The number of nitrogens with one attached hydrogen (secondary N) is 1. The lowest BCUT2D eigenvalue weighted by atomic mass is 10.1. The third kappa shape index (κ3) is 5.43. The van der Waals surface area contributed by atoms with Gasteiger partial charge in [0.05, 0.1) is 7.11 Å². The summed E-state index contributed by atoms with van der Waals surface area (Å²) >= 11 is 0. The van der Waals surface area contributed by atoms with Gasteiger partial charge in [0.25, 0.3) is 0 Å². The van der Waals surface area contributed by atoms with Crippen LogP contribution < -0.4 is 5.32 Å². The summed E-state index contributed by atoms with van der Waals surface area (Å²) in [4.78, 5) is 11.6. The molecule has 0 saturated heterocycles. The van der Waals surface area contributed by atoms with Crippen LogP contribution in [0.15, 0.2) is 24.3 Å². The molecule has 0 amide bonds. The molecular formula is C16H25NO2. The number of methoxy groups -OCH3 is 1. The lowest BCUT2D eigenvalue weighted by Gasteiger charge is -2.16. The van der Waals surface area contributed by atoms with E-state index in [2.05, 4.69) is 37.4 Å². The monoisotopic (exact) mass is 263 g/mol. The SMILES string of the molecule is CCCCC(NCCc1ccccc1C)C(=O)OC. The molecule has 1 aromatic carbocycles. The van der Waals surface area contributed by atoms with Crippen molar-refractivity contribution < 1.29 is 9.53 Å². The molecule has 0 aliphatic rings. The van der Waals surface area contributed by atoms with Gasteiger partial charge in [-0.3, -0.25) is 4.79 Å². The van der Waals surface area contributed by atoms with Crippen molar-refractivity contribution in [2.45, 2.75) is 45.6 Å². The number of ether oxygens (including phenoxy) is 1. The number of unbranched alkanes of at least 4 members (excludes halogenated alkanes) is 1. The number of benzene rings is 1. The summed E-state index contributed by atoms with van der Waals surface area (Å²) in [5.41, 5.74) is 2.63. The first-order valence-corrected chi connectivity index (χ1v) is 7.04. The van der Waals surface area contributed by atoms with Crippen molar-refractivity contribution in [3.05, 3.63) is 35.4 Å². The molecule has 1 unspecified atom stereocenters. The lowest BCUT2D eigenvalue weighted by Crippen LogP contribution is -2.38. The molecule has 0 saturated carbocycles. The summed E-state index contributed by atoms with van der Waals surface area (Å²) in [5, 5.41) is 3.31. The summed E-state index contributed by atoms with van der Waals surface area (Å²) in [6.07, 6.45) is 3.91. The van der Waals surface area contributed by atoms with Gasteiger partial charge in [-0.15, -0.1) is 0 Å². The van der Waals surface area contributed by atoms with E-state index >= 15 is 0 Å². The largest absolute Gasteiger partial charge is 0.468 e. The van der Waals surface area contributed by atoms with Crippen LogP contribution in [0.2, 0.25) is 0 Å². The van der Waals surface area contributed by atoms with Crippen LogP contribution in [0.25, 0.3) is 0 Å². The minimum absolute atomic E-state index is 0.154. The molecule has 3 heteroatoms. The Bertz CT molecular complexity index is 390. The summed E-state index contributed by atoms with van der Waals surface area (Å²) in [5.74, 6) is -0.154. The molecule has 0 heterocycles. The van der Waals surface area contributed by atoms with Crippen molar-refractivity contribution in [3.63, 3.8) is 0 Å². The number of carbonyl (C=O) groups is 1.